The molecule has 0 fully saturated rings. The fraction of sp³-hybridized carbons (Fsp3) is 0.0769. The van der Waals surface area contributed by atoms with Gasteiger partial charge >= 0.3 is 5.97 Å². The van der Waals surface area contributed by atoms with E-state index in [-0.39, 0.29) is 36.4 Å². The van der Waals surface area contributed by atoms with E-state index in [0.29, 0.717) is 5.56 Å². The number of H-pyrrole nitrogens is 1. The summed E-state index contributed by atoms with van der Waals surface area (Å²) in [4.78, 5) is 24.8. The largest absolute Gasteiger partial charge is 0.481 e. The molecule has 0 unspecified atom stereocenters. The van der Waals surface area contributed by atoms with Crippen molar-refractivity contribution in [3.63, 3.8) is 0 Å². The van der Waals surface area contributed by atoms with Gasteiger partial charge < -0.3 is 10.1 Å². The minimum atomic E-state index is -1.14. The Morgan fingerprint density at radius 3 is 1.95 bits per heavy atom. The van der Waals surface area contributed by atoms with Crippen LogP contribution in [0, 0.1) is 0 Å². The molecule has 0 bridgehead atoms. The molecule has 1 aromatic heterocycles. The molecule has 0 aliphatic carbocycles. The molecule has 0 saturated heterocycles. The number of nitrogens with one attached hydrogen (secondary N) is 1. The molecule has 2 rings (SSSR count). The van der Waals surface area contributed by atoms with Crippen LogP contribution in [0.5, 0.6) is 0 Å². The van der Waals surface area contributed by atoms with Crippen molar-refractivity contribution in [1.29, 1.82) is 0 Å². The molecule has 116 valence electrons. The number of rotatable bonds is 3. The van der Waals surface area contributed by atoms with Gasteiger partial charge in [0.1, 0.15) is 0 Å². The van der Waals surface area contributed by atoms with E-state index in [0.717, 1.165) is 0 Å². The molecule has 0 aliphatic rings. The van der Waals surface area contributed by atoms with E-state index < -0.39 is 17.9 Å². The highest BCUT2D eigenvalue weighted by Crippen LogP contribution is 2.48. The number of halogens is 5. The second kappa shape index (κ2) is 6.69. The molecule has 0 spiro atoms. The maximum atomic E-state index is 11.4. The molecular formula is C13H6Cl5NO3. The van der Waals surface area contributed by atoms with Crippen molar-refractivity contribution in [2.45, 2.75) is 6.42 Å². The molecule has 9 heteroatoms. The molecule has 0 radical (unpaired) electrons. The van der Waals surface area contributed by atoms with Gasteiger partial charge in [0.05, 0.1) is 31.5 Å². The predicted molar refractivity (Wildman–Crippen MR) is 88.9 cm³/mol. The number of aromatic amines is 1. The SMILES string of the molecule is O=C(O)Cc1[nH]c(=O)ccc1-c1c(Cl)c(Cl)c(Cl)c(Cl)c1Cl. The van der Waals surface area contributed by atoms with Gasteiger partial charge in [-0.05, 0) is 6.07 Å². The summed E-state index contributed by atoms with van der Waals surface area (Å²) in [6, 6.07) is 2.61. The zero-order valence-electron chi connectivity index (χ0n) is 10.5. The maximum Gasteiger partial charge on any atom is 0.309 e. The first-order valence-corrected chi connectivity index (χ1v) is 7.58. The van der Waals surface area contributed by atoms with E-state index in [1.165, 1.54) is 12.1 Å². The first-order chi connectivity index (χ1) is 10.2. The number of hydrogen-bond donors (Lipinski definition) is 2. The van der Waals surface area contributed by atoms with Gasteiger partial charge in [0.2, 0.25) is 5.56 Å². The zero-order valence-corrected chi connectivity index (χ0v) is 14.3. The number of carbonyl (C=O) groups is 1. The number of pyridine rings is 1. The lowest BCUT2D eigenvalue weighted by Gasteiger charge is -2.15. The number of aliphatic carboxylic acids is 1. The first kappa shape index (κ1) is 17.4. The Morgan fingerprint density at radius 2 is 1.45 bits per heavy atom. The van der Waals surface area contributed by atoms with Crippen molar-refractivity contribution in [2.24, 2.45) is 0 Å². The maximum absolute atomic E-state index is 11.4. The summed E-state index contributed by atoms with van der Waals surface area (Å²) in [5.41, 5.74) is 0.171. The lowest BCUT2D eigenvalue weighted by atomic mass is 10.0. The Morgan fingerprint density at radius 1 is 0.955 bits per heavy atom. The highest BCUT2D eigenvalue weighted by molar-refractivity contribution is 6.56. The third-order valence-electron chi connectivity index (χ3n) is 2.81. The number of aromatic nitrogens is 1. The van der Waals surface area contributed by atoms with Crippen molar-refractivity contribution >= 4 is 64.0 Å². The molecule has 2 N–H and O–H groups in total. The Balaban J connectivity index is 2.83. The summed E-state index contributed by atoms with van der Waals surface area (Å²) in [5, 5.41) is 8.95. The van der Waals surface area contributed by atoms with Gasteiger partial charge in [0.25, 0.3) is 0 Å². The summed E-state index contributed by atoms with van der Waals surface area (Å²) in [6.45, 7) is 0. The van der Waals surface area contributed by atoms with Crippen LogP contribution in [0.2, 0.25) is 25.1 Å². The number of benzene rings is 1. The van der Waals surface area contributed by atoms with Crippen LogP contribution in [-0.2, 0) is 11.2 Å². The van der Waals surface area contributed by atoms with E-state index in [9.17, 15) is 9.59 Å². The van der Waals surface area contributed by atoms with Crippen LogP contribution in [0.3, 0.4) is 0 Å². The minimum Gasteiger partial charge on any atom is -0.481 e. The molecule has 0 aliphatic heterocycles. The van der Waals surface area contributed by atoms with Gasteiger partial charge in [-0.25, -0.2) is 0 Å². The summed E-state index contributed by atoms with van der Waals surface area (Å²) < 4.78 is 0. The van der Waals surface area contributed by atoms with Crippen LogP contribution >= 0.6 is 58.0 Å². The first-order valence-electron chi connectivity index (χ1n) is 5.69. The van der Waals surface area contributed by atoms with Crippen molar-refractivity contribution < 1.29 is 9.90 Å². The van der Waals surface area contributed by atoms with Gasteiger partial charge in [-0.1, -0.05) is 58.0 Å². The molecule has 4 nitrogen and oxygen atoms in total. The fourth-order valence-electron chi connectivity index (χ4n) is 1.88. The van der Waals surface area contributed by atoms with Gasteiger partial charge in [0.15, 0.2) is 0 Å². The summed E-state index contributed by atoms with van der Waals surface area (Å²) in [5.74, 6) is -1.14. The standard InChI is InChI=1S/C13H6Cl5NO3/c14-9-8(10(15)12(17)13(18)11(9)16)4-1-2-6(20)19-5(4)3-7(21)22/h1-2H,3H2,(H,19,20)(H,21,22). The van der Waals surface area contributed by atoms with Crippen LogP contribution in [-0.4, -0.2) is 16.1 Å². The monoisotopic (exact) mass is 399 g/mol. The van der Waals surface area contributed by atoms with Gasteiger partial charge in [-0.15, -0.1) is 0 Å². The van der Waals surface area contributed by atoms with Gasteiger partial charge in [0, 0.05) is 22.9 Å². The van der Waals surface area contributed by atoms with E-state index in [1.807, 2.05) is 0 Å². The van der Waals surface area contributed by atoms with E-state index in [2.05, 4.69) is 4.98 Å². The Bertz CT molecular complexity index is 802. The Kier molecular flexibility index (Phi) is 5.30. The Labute approximate surface area is 149 Å². The smallest absolute Gasteiger partial charge is 0.309 e. The third-order valence-corrected chi connectivity index (χ3v) is 5.08. The summed E-state index contributed by atoms with van der Waals surface area (Å²) in [6.07, 6.45) is -0.435. The molecule has 22 heavy (non-hydrogen) atoms. The topological polar surface area (TPSA) is 70.2 Å². The lowest BCUT2D eigenvalue weighted by molar-refractivity contribution is -0.136. The molecule has 1 aromatic carbocycles. The van der Waals surface area contributed by atoms with Crippen LogP contribution in [0.1, 0.15) is 5.69 Å². The molecule has 0 saturated carbocycles. The Hall–Kier alpha value is -0.910. The molecule has 0 amide bonds. The zero-order chi connectivity index (χ0) is 16.6. The highest BCUT2D eigenvalue weighted by atomic mass is 35.5. The third kappa shape index (κ3) is 3.21. The van der Waals surface area contributed by atoms with Gasteiger partial charge in [-0.2, -0.15) is 0 Å². The number of carboxylic acid groups (broad SMARTS) is 1. The van der Waals surface area contributed by atoms with Crippen LogP contribution < -0.4 is 5.56 Å². The van der Waals surface area contributed by atoms with Crippen LogP contribution in [0.25, 0.3) is 11.1 Å². The second-order valence-electron chi connectivity index (χ2n) is 4.23. The number of carboxylic acids is 1. The second-order valence-corrected chi connectivity index (χ2v) is 6.12. The van der Waals surface area contributed by atoms with Crippen molar-refractivity contribution in [3.05, 3.63) is 53.3 Å². The summed E-state index contributed by atoms with van der Waals surface area (Å²) >= 11 is 30.2. The van der Waals surface area contributed by atoms with Crippen LogP contribution in [0.4, 0.5) is 0 Å². The van der Waals surface area contributed by atoms with E-state index in [4.69, 9.17) is 63.1 Å². The van der Waals surface area contributed by atoms with E-state index >= 15 is 0 Å². The van der Waals surface area contributed by atoms with Crippen molar-refractivity contribution in [2.75, 3.05) is 0 Å². The summed E-state index contributed by atoms with van der Waals surface area (Å²) in [7, 11) is 0. The lowest BCUT2D eigenvalue weighted by Crippen LogP contribution is -2.12. The van der Waals surface area contributed by atoms with Crippen molar-refractivity contribution in [3.8, 4) is 11.1 Å². The quantitative estimate of drug-likeness (QED) is 0.566. The van der Waals surface area contributed by atoms with Crippen molar-refractivity contribution in [1.82, 2.24) is 4.98 Å². The molecule has 1 heterocycles. The molecule has 0 atom stereocenters. The van der Waals surface area contributed by atoms with E-state index in [1.54, 1.807) is 0 Å². The van der Waals surface area contributed by atoms with Crippen LogP contribution in [0.15, 0.2) is 16.9 Å². The average molecular weight is 401 g/mol. The predicted octanol–water partition coefficient (Wildman–Crippen LogP) is 4.94. The van der Waals surface area contributed by atoms with Gasteiger partial charge in [-0.3, -0.25) is 9.59 Å². The molecular weight excluding hydrogens is 395 g/mol. The normalized spacial score (nSPS) is 10.8. The molecule has 2 aromatic rings. The minimum absolute atomic E-state index is 0.00806. The highest BCUT2D eigenvalue weighted by Gasteiger charge is 2.23. The fourth-order valence-corrected chi connectivity index (χ4v) is 3.23. The average Bonchev–Trinajstić information content (AvgIpc) is 2.45. The number of hydrogen-bond acceptors (Lipinski definition) is 2.